The predicted molar refractivity (Wildman–Crippen MR) is 113 cm³/mol. The molecule has 0 spiro atoms. The Morgan fingerprint density at radius 1 is 1.13 bits per heavy atom. The lowest BCUT2D eigenvalue weighted by Crippen LogP contribution is -2.53. The van der Waals surface area contributed by atoms with E-state index in [1.165, 1.54) is 33.6 Å². The SMILES string of the molecule is CCN(CC)S(=O)(=O)c1ccc(C(=O)NN(C)C2NS(=O)(=O)C3CCCCC23)cc1. The van der Waals surface area contributed by atoms with Gasteiger partial charge in [-0.15, -0.1) is 0 Å². The summed E-state index contributed by atoms with van der Waals surface area (Å²) in [6.07, 6.45) is 2.80. The smallest absolute Gasteiger partial charge is 0.265 e. The number of hydrogen-bond donors (Lipinski definition) is 2. The molecule has 30 heavy (non-hydrogen) atoms. The minimum Gasteiger partial charge on any atom is -0.284 e. The van der Waals surface area contributed by atoms with Crippen LogP contribution in [0.4, 0.5) is 0 Å². The van der Waals surface area contributed by atoms with E-state index in [0.717, 1.165) is 19.3 Å². The monoisotopic (exact) mass is 458 g/mol. The first-order chi connectivity index (χ1) is 14.1. The van der Waals surface area contributed by atoms with E-state index in [-0.39, 0.29) is 10.8 Å². The average Bonchev–Trinajstić information content (AvgIpc) is 3.00. The number of sulfonamides is 2. The maximum Gasteiger partial charge on any atom is 0.265 e. The summed E-state index contributed by atoms with van der Waals surface area (Å²) in [6, 6.07) is 5.75. The van der Waals surface area contributed by atoms with Crippen molar-refractivity contribution >= 4 is 26.0 Å². The molecule has 1 aliphatic carbocycles. The second-order valence-electron chi connectivity index (χ2n) is 7.76. The van der Waals surface area contributed by atoms with Crippen molar-refractivity contribution in [2.24, 2.45) is 5.92 Å². The Labute approximate surface area is 178 Å². The number of rotatable bonds is 7. The summed E-state index contributed by atoms with van der Waals surface area (Å²) >= 11 is 0. The van der Waals surface area contributed by atoms with Crippen LogP contribution in [0, 0.1) is 5.92 Å². The molecule has 168 valence electrons. The highest BCUT2D eigenvalue weighted by atomic mass is 32.2. The molecular formula is C19H30N4O5S2. The van der Waals surface area contributed by atoms with Crippen LogP contribution in [0.15, 0.2) is 29.2 Å². The molecule has 2 fully saturated rings. The largest absolute Gasteiger partial charge is 0.284 e. The fourth-order valence-electron chi connectivity index (χ4n) is 4.37. The van der Waals surface area contributed by atoms with Crippen LogP contribution in [0.3, 0.4) is 0 Å². The highest BCUT2D eigenvalue weighted by molar-refractivity contribution is 7.90. The molecule has 1 heterocycles. The lowest BCUT2D eigenvalue weighted by atomic mass is 9.86. The molecule has 2 N–H and O–H groups in total. The summed E-state index contributed by atoms with van der Waals surface area (Å²) in [7, 11) is -5.34. The Kier molecular flexibility index (Phi) is 6.87. The predicted octanol–water partition coefficient (Wildman–Crippen LogP) is 1.11. The van der Waals surface area contributed by atoms with Gasteiger partial charge < -0.3 is 0 Å². The number of nitrogens with zero attached hydrogens (tertiary/aromatic N) is 2. The van der Waals surface area contributed by atoms with E-state index in [1.54, 1.807) is 20.9 Å². The van der Waals surface area contributed by atoms with Gasteiger partial charge >= 0.3 is 0 Å². The lowest BCUT2D eigenvalue weighted by Gasteiger charge is -2.32. The zero-order chi connectivity index (χ0) is 22.1. The second-order valence-corrected chi connectivity index (χ2v) is 11.6. The van der Waals surface area contributed by atoms with Crippen molar-refractivity contribution in [1.82, 2.24) is 19.5 Å². The van der Waals surface area contributed by atoms with Gasteiger partial charge in [-0.05, 0) is 37.1 Å². The number of carbonyl (C=O) groups excluding carboxylic acids is 1. The fraction of sp³-hybridized carbons (Fsp3) is 0.632. The topological polar surface area (TPSA) is 116 Å². The normalized spacial score (nSPS) is 26.0. The minimum atomic E-state index is -3.59. The second kappa shape index (κ2) is 8.91. The van der Waals surface area contributed by atoms with E-state index < -0.39 is 37.4 Å². The summed E-state index contributed by atoms with van der Waals surface area (Å²) in [5.74, 6) is -0.501. The maximum atomic E-state index is 12.7. The third-order valence-electron chi connectivity index (χ3n) is 6.00. The lowest BCUT2D eigenvalue weighted by molar-refractivity contribution is 0.0647. The summed E-state index contributed by atoms with van der Waals surface area (Å²) in [5, 5.41) is 1.09. The first kappa shape index (κ1) is 23.1. The number of hydrogen-bond acceptors (Lipinski definition) is 6. The van der Waals surface area contributed by atoms with Gasteiger partial charge in [0, 0.05) is 31.6 Å². The first-order valence-corrected chi connectivity index (χ1v) is 13.3. The molecule has 1 aliphatic heterocycles. The van der Waals surface area contributed by atoms with E-state index in [0.29, 0.717) is 25.1 Å². The van der Waals surface area contributed by atoms with Crippen LogP contribution in [-0.4, -0.2) is 63.6 Å². The Morgan fingerprint density at radius 3 is 2.33 bits per heavy atom. The molecule has 1 amide bonds. The highest BCUT2D eigenvalue weighted by Gasteiger charge is 2.49. The Bertz CT molecular complexity index is 975. The molecule has 1 saturated heterocycles. The van der Waals surface area contributed by atoms with Gasteiger partial charge in [-0.1, -0.05) is 26.7 Å². The highest BCUT2D eigenvalue weighted by Crippen LogP contribution is 2.37. The van der Waals surface area contributed by atoms with Crippen LogP contribution in [0.5, 0.6) is 0 Å². The summed E-state index contributed by atoms with van der Waals surface area (Å²) in [6.45, 7) is 4.27. The Morgan fingerprint density at radius 2 is 1.73 bits per heavy atom. The number of benzene rings is 1. The zero-order valence-corrected chi connectivity index (χ0v) is 19.2. The van der Waals surface area contributed by atoms with Crippen molar-refractivity contribution < 1.29 is 21.6 Å². The Hall–Kier alpha value is -1.53. The van der Waals surface area contributed by atoms with Crippen molar-refractivity contribution in [2.75, 3.05) is 20.1 Å². The molecule has 0 bridgehead atoms. The number of hydrazine groups is 1. The molecule has 3 atom stereocenters. The van der Waals surface area contributed by atoms with Crippen molar-refractivity contribution in [3.05, 3.63) is 29.8 Å². The van der Waals surface area contributed by atoms with E-state index in [9.17, 15) is 21.6 Å². The van der Waals surface area contributed by atoms with Gasteiger partial charge in [0.25, 0.3) is 5.91 Å². The van der Waals surface area contributed by atoms with Gasteiger partial charge in [0.1, 0.15) is 0 Å². The molecule has 1 aromatic carbocycles. The van der Waals surface area contributed by atoms with Crippen molar-refractivity contribution in [1.29, 1.82) is 0 Å². The molecule has 3 unspecified atom stereocenters. The van der Waals surface area contributed by atoms with Crippen LogP contribution in [-0.2, 0) is 20.0 Å². The molecule has 2 aliphatic rings. The fourth-order valence-corrected chi connectivity index (χ4v) is 7.89. The van der Waals surface area contributed by atoms with Gasteiger partial charge in [0.05, 0.1) is 16.3 Å². The molecule has 1 saturated carbocycles. The summed E-state index contributed by atoms with van der Waals surface area (Å²) < 4.78 is 54.0. The molecule has 9 nitrogen and oxygen atoms in total. The van der Waals surface area contributed by atoms with E-state index in [2.05, 4.69) is 10.1 Å². The number of nitrogens with one attached hydrogen (secondary N) is 2. The maximum absolute atomic E-state index is 12.7. The van der Waals surface area contributed by atoms with Gasteiger partial charge in [-0.25, -0.2) is 21.8 Å². The molecule has 0 radical (unpaired) electrons. The number of amides is 1. The van der Waals surface area contributed by atoms with Gasteiger partial charge in [0.2, 0.25) is 20.0 Å². The van der Waals surface area contributed by atoms with E-state index in [4.69, 9.17) is 0 Å². The minimum absolute atomic E-state index is 0.0735. The van der Waals surface area contributed by atoms with Crippen molar-refractivity contribution in [2.45, 2.75) is 55.8 Å². The van der Waals surface area contributed by atoms with E-state index >= 15 is 0 Å². The standard InChI is InChI=1S/C19H30N4O5S2/c1-4-23(5-2)30(27,28)15-12-10-14(11-13-15)19(24)20-22(3)18-16-8-6-7-9-17(16)29(25,26)21-18/h10-13,16-18,21H,4-9H2,1-3H3,(H,20,24). The van der Waals surface area contributed by atoms with Crippen molar-refractivity contribution in [3.63, 3.8) is 0 Å². The zero-order valence-electron chi connectivity index (χ0n) is 17.5. The third kappa shape index (κ3) is 4.40. The van der Waals surface area contributed by atoms with Crippen molar-refractivity contribution in [3.8, 4) is 0 Å². The number of fused-ring (bicyclic) bond motifs is 1. The average molecular weight is 459 g/mol. The number of carbonyl (C=O) groups is 1. The quantitative estimate of drug-likeness (QED) is 0.592. The molecule has 0 aromatic heterocycles. The molecule has 3 rings (SSSR count). The van der Waals surface area contributed by atoms with E-state index in [1.807, 2.05) is 0 Å². The van der Waals surface area contributed by atoms with Gasteiger partial charge in [0.15, 0.2) is 0 Å². The van der Waals surface area contributed by atoms with Crippen LogP contribution < -0.4 is 10.1 Å². The summed E-state index contributed by atoms with van der Waals surface area (Å²) in [4.78, 5) is 12.8. The third-order valence-corrected chi connectivity index (χ3v) is 10.0. The molecule has 1 aromatic rings. The van der Waals surface area contributed by atoms with Gasteiger partial charge in [-0.3, -0.25) is 10.2 Å². The van der Waals surface area contributed by atoms with Crippen LogP contribution in [0.1, 0.15) is 49.9 Å². The Balaban J connectivity index is 1.70. The first-order valence-electron chi connectivity index (χ1n) is 10.3. The molecular weight excluding hydrogens is 428 g/mol. The van der Waals surface area contributed by atoms with Crippen LogP contribution in [0.25, 0.3) is 0 Å². The summed E-state index contributed by atoms with van der Waals surface area (Å²) in [5.41, 5.74) is 3.01. The van der Waals surface area contributed by atoms with Gasteiger partial charge in [-0.2, -0.15) is 9.03 Å². The van der Waals surface area contributed by atoms with Crippen LogP contribution in [0.2, 0.25) is 0 Å². The molecule has 11 heteroatoms. The van der Waals surface area contributed by atoms with Crippen LogP contribution >= 0.6 is 0 Å².